The van der Waals surface area contributed by atoms with Gasteiger partial charge in [0.15, 0.2) is 0 Å². The number of nitrogens with one attached hydrogen (secondary N) is 2. The molecule has 0 atom stereocenters. The predicted molar refractivity (Wildman–Crippen MR) is 60.0 cm³/mol. The molecule has 90 valence electrons. The largest absolute Gasteiger partial charge is 0.481 e. The summed E-state index contributed by atoms with van der Waals surface area (Å²) in [6.07, 6.45) is 7.44. The van der Waals surface area contributed by atoms with Crippen molar-refractivity contribution in [3.63, 3.8) is 0 Å². The summed E-state index contributed by atoms with van der Waals surface area (Å²) >= 11 is 0. The van der Waals surface area contributed by atoms with Gasteiger partial charge in [0, 0.05) is 12.7 Å². The summed E-state index contributed by atoms with van der Waals surface area (Å²) in [6, 6.07) is -0.334. The molecule has 1 aliphatic rings. The predicted octanol–water partition coefficient (Wildman–Crippen LogP) is 1.61. The summed E-state index contributed by atoms with van der Waals surface area (Å²) in [6.45, 7) is 0.157. The minimum atomic E-state index is -0.911. The second-order valence-electron chi connectivity index (χ2n) is 3.91. The lowest BCUT2D eigenvalue weighted by atomic mass is 9.96. The van der Waals surface area contributed by atoms with E-state index < -0.39 is 5.97 Å². The third-order valence-corrected chi connectivity index (χ3v) is 2.53. The van der Waals surface area contributed by atoms with Crippen LogP contribution in [0.5, 0.6) is 0 Å². The summed E-state index contributed by atoms with van der Waals surface area (Å²) in [5.41, 5.74) is 1.26. The molecule has 0 unspecified atom stereocenters. The van der Waals surface area contributed by atoms with Gasteiger partial charge in [0.05, 0.1) is 6.42 Å². The zero-order chi connectivity index (χ0) is 11.8. The van der Waals surface area contributed by atoms with E-state index >= 15 is 0 Å². The number of amides is 2. The van der Waals surface area contributed by atoms with E-state index in [1.807, 2.05) is 0 Å². The first-order valence-corrected chi connectivity index (χ1v) is 5.62. The maximum atomic E-state index is 11.2. The molecule has 2 amide bonds. The van der Waals surface area contributed by atoms with Gasteiger partial charge in [-0.1, -0.05) is 12.0 Å². The maximum absolute atomic E-state index is 11.2. The van der Waals surface area contributed by atoms with Crippen molar-refractivity contribution >= 4 is 12.0 Å². The summed E-state index contributed by atoms with van der Waals surface area (Å²) in [5.74, 6) is -0.911. The zero-order valence-corrected chi connectivity index (χ0v) is 9.29. The summed E-state index contributed by atoms with van der Waals surface area (Å²) in [5, 5.41) is 13.5. The molecule has 0 aromatic rings. The molecule has 0 radical (unpaired) electrons. The molecule has 0 spiro atoms. The summed E-state index contributed by atoms with van der Waals surface area (Å²) < 4.78 is 0. The molecule has 1 aliphatic carbocycles. The summed E-state index contributed by atoms with van der Waals surface area (Å²) in [7, 11) is 0. The van der Waals surface area contributed by atoms with Gasteiger partial charge in [0.2, 0.25) is 0 Å². The smallest absolute Gasteiger partial charge is 0.318 e. The van der Waals surface area contributed by atoms with E-state index in [1.54, 1.807) is 6.20 Å². The van der Waals surface area contributed by atoms with E-state index in [0.29, 0.717) is 0 Å². The van der Waals surface area contributed by atoms with Crippen LogP contribution in [-0.2, 0) is 4.79 Å². The number of hydrogen-bond donors (Lipinski definition) is 3. The Morgan fingerprint density at radius 3 is 2.56 bits per heavy atom. The third-order valence-electron chi connectivity index (χ3n) is 2.53. The zero-order valence-electron chi connectivity index (χ0n) is 9.29. The number of hydrogen-bond acceptors (Lipinski definition) is 2. The van der Waals surface area contributed by atoms with Gasteiger partial charge in [0.25, 0.3) is 0 Å². The van der Waals surface area contributed by atoms with Gasteiger partial charge in [0.1, 0.15) is 0 Å². The Morgan fingerprint density at radius 1 is 1.25 bits per heavy atom. The molecule has 0 aliphatic heterocycles. The Bertz CT molecular complexity index is 279. The second-order valence-corrected chi connectivity index (χ2v) is 3.91. The van der Waals surface area contributed by atoms with Gasteiger partial charge in [-0.25, -0.2) is 4.79 Å². The van der Waals surface area contributed by atoms with E-state index in [9.17, 15) is 9.59 Å². The van der Waals surface area contributed by atoms with Crippen molar-refractivity contribution in [3.8, 4) is 0 Å². The van der Waals surface area contributed by atoms with Crippen LogP contribution in [0.15, 0.2) is 11.8 Å². The molecule has 0 aromatic carbocycles. The van der Waals surface area contributed by atoms with Crippen LogP contribution in [0.3, 0.4) is 0 Å². The Kier molecular flexibility index (Phi) is 5.39. The molecule has 1 fully saturated rings. The monoisotopic (exact) mass is 226 g/mol. The first kappa shape index (κ1) is 12.5. The van der Waals surface area contributed by atoms with Crippen molar-refractivity contribution < 1.29 is 14.7 Å². The number of carboxylic acids is 1. The molecule has 1 saturated carbocycles. The van der Waals surface area contributed by atoms with E-state index in [-0.39, 0.29) is 19.0 Å². The SMILES string of the molecule is O=C(O)CCNC(=O)NC=C1CCCCC1. The maximum Gasteiger partial charge on any atom is 0.318 e. The van der Waals surface area contributed by atoms with Gasteiger partial charge in [-0.3, -0.25) is 4.79 Å². The van der Waals surface area contributed by atoms with Crippen molar-refractivity contribution in [2.45, 2.75) is 38.5 Å². The minimum absolute atomic E-state index is 0.0516. The van der Waals surface area contributed by atoms with Crippen LogP contribution >= 0.6 is 0 Å². The fraction of sp³-hybridized carbons (Fsp3) is 0.636. The van der Waals surface area contributed by atoms with Crippen molar-refractivity contribution in [3.05, 3.63) is 11.8 Å². The highest BCUT2D eigenvalue weighted by Gasteiger charge is 2.05. The Morgan fingerprint density at radius 2 is 1.94 bits per heavy atom. The van der Waals surface area contributed by atoms with Crippen LogP contribution in [0.4, 0.5) is 4.79 Å². The number of carbonyl (C=O) groups excluding carboxylic acids is 1. The molecule has 5 heteroatoms. The standard InChI is InChI=1S/C11H18N2O3/c14-10(15)6-7-12-11(16)13-8-9-4-2-1-3-5-9/h8H,1-7H2,(H,14,15)(H2,12,13,16). The van der Waals surface area contributed by atoms with Crippen LogP contribution in [-0.4, -0.2) is 23.7 Å². The van der Waals surface area contributed by atoms with E-state index in [4.69, 9.17) is 5.11 Å². The highest BCUT2D eigenvalue weighted by Crippen LogP contribution is 2.21. The Balaban J connectivity index is 2.15. The lowest BCUT2D eigenvalue weighted by Crippen LogP contribution is -2.33. The molecular formula is C11H18N2O3. The van der Waals surface area contributed by atoms with Crippen LogP contribution in [0.25, 0.3) is 0 Å². The lowest BCUT2D eigenvalue weighted by Gasteiger charge is -2.13. The molecule has 16 heavy (non-hydrogen) atoms. The highest BCUT2D eigenvalue weighted by atomic mass is 16.4. The quantitative estimate of drug-likeness (QED) is 0.681. The number of carboxylic acid groups (broad SMARTS) is 1. The van der Waals surface area contributed by atoms with Crippen LogP contribution in [0.2, 0.25) is 0 Å². The van der Waals surface area contributed by atoms with Crippen molar-refractivity contribution in [2.75, 3.05) is 6.54 Å². The fourth-order valence-electron chi connectivity index (χ4n) is 1.65. The molecule has 0 bridgehead atoms. The molecule has 0 saturated heterocycles. The van der Waals surface area contributed by atoms with Gasteiger partial charge in [-0.05, 0) is 25.7 Å². The number of urea groups is 1. The van der Waals surface area contributed by atoms with Crippen LogP contribution in [0, 0.1) is 0 Å². The number of aliphatic carboxylic acids is 1. The molecule has 3 N–H and O–H groups in total. The molecular weight excluding hydrogens is 208 g/mol. The molecule has 5 nitrogen and oxygen atoms in total. The number of carbonyl (C=O) groups is 2. The van der Waals surface area contributed by atoms with Gasteiger partial charge < -0.3 is 15.7 Å². The fourth-order valence-corrected chi connectivity index (χ4v) is 1.65. The van der Waals surface area contributed by atoms with E-state index in [0.717, 1.165) is 12.8 Å². The Labute approximate surface area is 94.9 Å². The highest BCUT2D eigenvalue weighted by molar-refractivity contribution is 5.75. The van der Waals surface area contributed by atoms with Crippen molar-refractivity contribution in [2.24, 2.45) is 0 Å². The van der Waals surface area contributed by atoms with Crippen molar-refractivity contribution in [1.29, 1.82) is 0 Å². The third kappa shape index (κ3) is 5.38. The van der Waals surface area contributed by atoms with E-state index in [1.165, 1.54) is 24.8 Å². The van der Waals surface area contributed by atoms with E-state index in [2.05, 4.69) is 10.6 Å². The molecule has 1 rings (SSSR count). The van der Waals surface area contributed by atoms with Crippen LogP contribution in [0.1, 0.15) is 38.5 Å². The molecule has 0 heterocycles. The molecule has 0 aromatic heterocycles. The topological polar surface area (TPSA) is 78.4 Å². The normalized spacial score (nSPS) is 15.4. The Hall–Kier alpha value is -1.52. The first-order chi connectivity index (χ1) is 7.68. The van der Waals surface area contributed by atoms with Gasteiger partial charge >= 0.3 is 12.0 Å². The van der Waals surface area contributed by atoms with Gasteiger partial charge in [-0.2, -0.15) is 0 Å². The van der Waals surface area contributed by atoms with Crippen LogP contribution < -0.4 is 10.6 Å². The average Bonchev–Trinajstić information content (AvgIpc) is 2.27. The number of rotatable bonds is 4. The number of allylic oxidation sites excluding steroid dienone is 1. The summed E-state index contributed by atoms with van der Waals surface area (Å²) in [4.78, 5) is 21.4. The minimum Gasteiger partial charge on any atom is -0.481 e. The first-order valence-electron chi connectivity index (χ1n) is 5.62. The van der Waals surface area contributed by atoms with Crippen molar-refractivity contribution in [1.82, 2.24) is 10.6 Å². The van der Waals surface area contributed by atoms with Gasteiger partial charge in [-0.15, -0.1) is 0 Å². The average molecular weight is 226 g/mol. The lowest BCUT2D eigenvalue weighted by molar-refractivity contribution is -0.136. The second kappa shape index (κ2) is 6.87.